The quantitative estimate of drug-likeness (QED) is 0.657. The van der Waals surface area contributed by atoms with Crippen LogP contribution in [0.1, 0.15) is 77.0 Å². The monoisotopic (exact) mass is 385 g/mol. The van der Waals surface area contributed by atoms with Crippen molar-refractivity contribution in [3.05, 3.63) is 0 Å². The minimum absolute atomic E-state index is 0. The maximum Gasteiger partial charge on any atom is 0.223 e. The average molecular weight is 386 g/mol. The van der Waals surface area contributed by atoms with Gasteiger partial charge in [-0.05, 0) is 69.7 Å². The van der Waals surface area contributed by atoms with Gasteiger partial charge in [0.05, 0.1) is 0 Å². The van der Waals surface area contributed by atoms with Crippen LogP contribution < -0.4 is 16.4 Å². The molecule has 0 aromatic rings. The number of carbonyl (C=O) groups excluding carboxylic acids is 2. The van der Waals surface area contributed by atoms with Gasteiger partial charge in [0.2, 0.25) is 11.8 Å². The number of carbonyl (C=O) groups is 2. The Bertz CT molecular complexity index is 460. The van der Waals surface area contributed by atoms with E-state index in [4.69, 9.17) is 5.73 Å². The van der Waals surface area contributed by atoms with E-state index in [-0.39, 0.29) is 42.2 Å². The van der Waals surface area contributed by atoms with Crippen molar-refractivity contribution < 1.29 is 9.59 Å². The molecule has 0 radical (unpaired) electrons. The number of rotatable bonds is 6. The molecule has 2 atom stereocenters. The van der Waals surface area contributed by atoms with E-state index in [9.17, 15) is 9.59 Å². The third-order valence-corrected chi connectivity index (χ3v) is 6.70. The molecule has 0 aliphatic heterocycles. The molecule has 3 fully saturated rings. The highest BCUT2D eigenvalue weighted by Gasteiger charge is 2.32. The summed E-state index contributed by atoms with van der Waals surface area (Å²) < 4.78 is 0. The van der Waals surface area contributed by atoms with Gasteiger partial charge in [0.25, 0.3) is 0 Å². The molecule has 5 nitrogen and oxygen atoms in total. The molecule has 0 bridgehead atoms. The maximum atomic E-state index is 12.5. The fourth-order valence-electron chi connectivity index (χ4n) is 5.07. The zero-order valence-electron chi connectivity index (χ0n) is 15.9. The van der Waals surface area contributed by atoms with Gasteiger partial charge in [-0.25, -0.2) is 0 Å². The van der Waals surface area contributed by atoms with Gasteiger partial charge in [-0.2, -0.15) is 0 Å². The summed E-state index contributed by atoms with van der Waals surface area (Å²) in [6, 6.07) is 0.544. The first-order valence-corrected chi connectivity index (χ1v) is 10.5. The molecule has 150 valence electrons. The van der Waals surface area contributed by atoms with E-state index in [0.717, 1.165) is 38.5 Å². The summed E-state index contributed by atoms with van der Waals surface area (Å²) in [5, 5.41) is 6.45. The summed E-state index contributed by atoms with van der Waals surface area (Å²) in [6.07, 6.45) is 12.7. The number of hydrogen-bond donors (Lipinski definition) is 3. The molecular weight excluding hydrogens is 350 g/mol. The van der Waals surface area contributed by atoms with Crippen LogP contribution >= 0.6 is 12.4 Å². The van der Waals surface area contributed by atoms with Crippen LogP contribution in [0.4, 0.5) is 0 Å². The van der Waals surface area contributed by atoms with Crippen molar-refractivity contribution in [2.24, 2.45) is 23.5 Å². The fraction of sp³-hybridized carbons (Fsp3) is 0.900. The van der Waals surface area contributed by atoms with Crippen LogP contribution in [-0.4, -0.2) is 30.4 Å². The lowest BCUT2D eigenvalue weighted by Crippen LogP contribution is -2.45. The first-order valence-electron chi connectivity index (χ1n) is 10.5. The predicted octanol–water partition coefficient (Wildman–Crippen LogP) is 2.91. The highest BCUT2D eigenvalue weighted by Crippen LogP contribution is 2.29. The van der Waals surface area contributed by atoms with Crippen molar-refractivity contribution in [3.8, 4) is 0 Å². The van der Waals surface area contributed by atoms with Crippen molar-refractivity contribution in [1.29, 1.82) is 0 Å². The molecule has 3 aliphatic carbocycles. The van der Waals surface area contributed by atoms with E-state index in [1.165, 1.54) is 32.1 Å². The minimum atomic E-state index is 0. The van der Waals surface area contributed by atoms with Crippen LogP contribution in [0.3, 0.4) is 0 Å². The SMILES string of the molecule is Cl.NCC1CCCC1NC(=O)C1CCC(NC(=O)CC2CCCC2)CC1. The van der Waals surface area contributed by atoms with Crippen LogP contribution in [-0.2, 0) is 9.59 Å². The Kier molecular flexibility index (Phi) is 8.68. The predicted molar refractivity (Wildman–Crippen MR) is 106 cm³/mol. The lowest BCUT2D eigenvalue weighted by atomic mass is 9.85. The van der Waals surface area contributed by atoms with E-state index < -0.39 is 0 Å². The Morgan fingerprint density at radius 3 is 2.19 bits per heavy atom. The molecule has 0 aromatic carbocycles. The smallest absolute Gasteiger partial charge is 0.223 e. The van der Waals surface area contributed by atoms with Crippen LogP contribution in [0.15, 0.2) is 0 Å². The zero-order valence-corrected chi connectivity index (χ0v) is 16.7. The highest BCUT2D eigenvalue weighted by molar-refractivity contribution is 5.85. The third-order valence-electron chi connectivity index (χ3n) is 6.70. The normalized spacial score (nSPS) is 32.0. The standard InChI is InChI=1S/C20H35N3O2.ClH/c21-13-16-6-3-7-18(16)23-20(25)15-8-10-17(11-9-15)22-19(24)12-14-4-1-2-5-14;/h14-18H,1-13,21H2,(H,22,24)(H,23,25);1H. The lowest BCUT2D eigenvalue weighted by molar-refractivity contribution is -0.127. The molecule has 2 amide bonds. The third kappa shape index (κ3) is 5.85. The molecule has 3 saturated carbocycles. The molecule has 3 rings (SSSR count). The zero-order chi connectivity index (χ0) is 17.6. The molecular formula is C20H36ClN3O2. The van der Waals surface area contributed by atoms with Gasteiger partial charge < -0.3 is 16.4 Å². The molecule has 3 aliphatic rings. The maximum absolute atomic E-state index is 12.5. The fourth-order valence-corrected chi connectivity index (χ4v) is 5.07. The second kappa shape index (κ2) is 10.5. The second-order valence-electron chi connectivity index (χ2n) is 8.51. The van der Waals surface area contributed by atoms with E-state index in [1.54, 1.807) is 0 Å². The molecule has 0 spiro atoms. The average Bonchev–Trinajstić information content (AvgIpc) is 3.27. The van der Waals surface area contributed by atoms with Gasteiger partial charge in [-0.1, -0.05) is 19.3 Å². The summed E-state index contributed by atoms with van der Waals surface area (Å²) in [4.78, 5) is 24.7. The van der Waals surface area contributed by atoms with Crippen molar-refractivity contribution in [3.63, 3.8) is 0 Å². The van der Waals surface area contributed by atoms with Gasteiger partial charge in [0, 0.05) is 24.4 Å². The minimum Gasteiger partial charge on any atom is -0.353 e. The summed E-state index contributed by atoms with van der Waals surface area (Å²) in [5.41, 5.74) is 5.81. The van der Waals surface area contributed by atoms with Gasteiger partial charge >= 0.3 is 0 Å². The number of amides is 2. The Morgan fingerprint density at radius 2 is 1.54 bits per heavy atom. The Hall–Kier alpha value is -0.810. The van der Waals surface area contributed by atoms with Gasteiger partial charge in [0.1, 0.15) is 0 Å². The Morgan fingerprint density at radius 1 is 0.846 bits per heavy atom. The number of halogens is 1. The summed E-state index contributed by atoms with van der Waals surface area (Å²) in [5.74, 6) is 1.60. The topological polar surface area (TPSA) is 84.2 Å². The number of nitrogens with two attached hydrogens (primary N) is 1. The second-order valence-corrected chi connectivity index (χ2v) is 8.51. The van der Waals surface area contributed by atoms with E-state index in [0.29, 0.717) is 24.8 Å². The van der Waals surface area contributed by atoms with Crippen molar-refractivity contribution in [1.82, 2.24) is 10.6 Å². The van der Waals surface area contributed by atoms with E-state index in [2.05, 4.69) is 10.6 Å². The molecule has 0 aromatic heterocycles. The molecule has 0 heterocycles. The molecule has 2 unspecified atom stereocenters. The van der Waals surface area contributed by atoms with Crippen LogP contribution in [0.25, 0.3) is 0 Å². The Balaban J connectivity index is 0.00000243. The summed E-state index contributed by atoms with van der Waals surface area (Å²) in [7, 11) is 0. The molecule has 4 N–H and O–H groups in total. The largest absolute Gasteiger partial charge is 0.353 e. The van der Waals surface area contributed by atoms with Gasteiger partial charge in [-0.3, -0.25) is 9.59 Å². The van der Waals surface area contributed by atoms with Crippen molar-refractivity contribution in [2.45, 2.75) is 89.1 Å². The lowest BCUT2D eigenvalue weighted by Gasteiger charge is -2.30. The molecule has 0 saturated heterocycles. The summed E-state index contributed by atoms with van der Waals surface area (Å²) >= 11 is 0. The molecule has 26 heavy (non-hydrogen) atoms. The van der Waals surface area contributed by atoms with E-state index in [1.807, 2.05) is 0 Å². The first-order chi connectivity index (χ1) is 12.2. The summed E-state index contributed by atoms with van der Waals surface area (Å²) in [6.45, 7) is 0.671. The van der Waals surface area contributed by atoms with Crippen molar-refractivity contribution in [2.75, 3.05) is 6.54 Å². The van der Waals surface area contributed by atoms with Crippen LogP contribution in [0.2, 0.25) is 0 Å². The number of nitrogens with one attached hydrogen (secondary N) is 2. The highest BCUT2D eigenvalue weighted by atomic mass is 35.5. The van der Waals surface area contributed by atoms with Crippen LogP contribution in [0, 0.1) is 17.8 Å². The number of hydrogen-bond acceptors (Lipinski definition) is 3. The van der Waals surface area contributed by atoms with E-state index >= 15 is 0 Å². The first kappa shape index (κ1) is 21.5. The van der Waals surface area contributed by atoms with Gasteiger partial charge in [-0.15, -0.1) is 12.4 Å². The van der Waals surface area contributed by atoms with Crippen molar-refractivity contribution >= 4 is 24.2 Å². The Labute approximate surface area is 164 Å². The van der Waals surface area contributed by atoms with Crippen LogP contribution in [0.5, 0.6) is 0 Å². The molecule has 6 heteroatoms. The van der Waals surface area contributed by atoms with Gasteiger partial charge in [0.15, 0.2) is 0 Å².